The minimum Gasteiger partial charge on any atom is -0.365 e. The molecule has 0 aromatic carbocycles. The lowest BCUT2D eigenvalue weighted by atomic mass is 10.1. The second kappa shape index (κ2) is 5.62. The fourth-order valence-electron chi connectivity index (χ4n) is 2.71. The first-order valence-corrected chi connectivity index (χ1v) is 8.22. The highest BCUT2D eigenvalue weighted by Gasteiger charge is 2.15. The summed E-state index contributed by atoms with van der Waals surface area (Å²) in [7, 11) is 0. The maximum absolute atomic E-state index is 4.67. The molecule has 0 saturated carbocycles. The Bertz CT molecular complexity index is 787. The van der Waals surface area contributed by atoms with Crippen LogP contribution in [0.2, 0.25) is 0 Å². The fraction of sp³-hybridized carbons (Fsp3) is 0.429. The van der Waals surface area contributed by atoms with Crippen molar-refractivity contribution in [2.75, 3.05) is 18.4 Å². The lowest BCUT2D eigenvalue weighted by Gasteiger charge is -2.24. The summed E-state index contributed by atoms with van der Waals surface area (Å²) in [5.74, 6) is 0.799. The molecular formula is C14H17N7S. The van der Waals surface area contributed by atoms with Crippen molar-refractivity contribution in [3.8, 4) is 11.4 Å². The minimum atomic E-state index is 0.408. The molecule has 8 heteroatoms. The van der Waals surface area contributed by atoms with Gasteiger partial charge in [0, 0.05) is 12.6 Å². The zero-order valence-electron chi connectivity index (χ0n) is 12.3. The van der Waals surface area contributed by atoms with Crippen LogP contribution in [0.4, 0.5) is 5.82 Å². The third-order valence-electron chi connectivity index (χ3n) is 3.73. The van der Waals surface area contributed by atoms with Crippen molar-refractivity contribution in [1.29, 1.82) is 0 Å². The number of hydrogen-bond acceptors (Lipinski definition) is 7. The van der Waals surface area contributed by atoms with Crippen molar-refractivity contribution in [1.82, 2.24) is 29.9 Å². The Labute approximate surface area is 131 Å². The first-order chi connectivity index (χ1) is 10.8. The monoisotopic (exact) mass is 315 g/mol. The second-order valence-electron chi connectivity index (χ2n) is 5.44. The van der Waals surface area contributed by atoms with Gasteiger partial charge in [0.25, 0.3) is 0 Å². The summed E-state index contributed by atoms with van der Waals surface area (Å²) in [4.78, 5) is 14.2. The largest absolute Gasteiger partial charge is 0.365 e. The Morgan fingerprint density at radius 3 is 3.18 bits per heavy atom. The first kappa shape index (κ1) is 13.6. The molecule has 0 amide bonds. The number of imidazole rings is 1. The van der Waals surface area contributed by atoms with E-state index >= 15 is 0 Å². The highest BCUT2D eigenvalue weighted by Crippen LogP contribution is 2.22. The van der Waals surface area contributed by atoms with Crippen LogP contribution in [0.1, 0.15) is 17.8 Å². The third-order valence-corrected chi connectivity index (χ3v) is 4.57. The van der Waals surface area contributed by atoms with Gasteiger partial charge in [0.2, 0.25) is 4.96 Å². The van der Waals surface area contributed by atoms with Crippen molar-refractivity contribution in [2.24, 2.45) is 0 Å². The highest BCUT2D eigenvalue weighted by atomic mass is 32.1. The van der Waals surface area contributed by atoms with Gasteiger partial charge in [0.1, 0.15) is 22.2 Å². The van der Waals surface area contributed by atoms with E-state index in [1.165, 1.54) is 6.42 Å². The van der Waals surface area contributed by atoms with Crippen LogP contribution in [-0.4, -0.2) is 43.7 Å². The quantitative estimate of drug-likeness (QED) is 0.766. The van der Waals surface area contributed by atoms with Crippen LogP contribution >= 0.6 is 11.3 Å². The number of anilines is 1. The van der Waals surface area contributed by atoms with E-state index in [2.05, 4.69) is 30.7 Å². The van der Waals surface area contributed by atoms with E-state index in [4.69, 9.17) is 0 Å². The SMILES string of the molecule is Cc1nn2c(-c3cncc(NC4CCCNC4)n3)cnc2s1. The molecule has 7 nitrogen and oxygen atoms in total. The Kier molecular flexibility index (Phi) is 3.47. The number of fused-ring (bicyclic) bond motifs is 1. The van der Waals surface area contributed by atoms with Gasteiger partial charge in [0.05, 0.1) is 18.6 Å². The zero-order chi connectivity index (χ0) is 14.9. The normalized spacial score (nSPS) is 18.7. The smallest absolute Gasteiger partial charge is 0.212 e. The van der Waals surface area contributed by atoms with Gasteiger partial charge < -0.3 is 10.6 Å². The van der Waals surface area contributed by atoms with Crippen LogP contribution in [0.3, 0.4) is 0 Å². The molecule has 1 fully saturated rings. The molecule has 3 aromatic heterocycles. The predicted octanol–water partition coefficient (Wildman–Crippen LogP) is 1.72. The molecule has 1 unspecified atom stereocenters. The number of hydrogen-bond donors (Lipinski definition) is 2. The van der Waals surface area contributed by atoms with Gasteiger partial charge >= 0.3 is 0 Å². The fourth-order valence-corrected chi connectivity index (χ4v) is 3.42. The molecule has 114 valence electrons. The van der Waals surface area contributed by atoms with Crippen molar-refractivity contribution in [3.05, 3.63) is 23.6 Å². The van der Waals surface area contributed by atoms with Crippen molar-refractivity contribution < 1.29 is 0 Å². The molecule has 1 atom stereocenters. The van der Waals surface area contributed by atoms with E-state index < -0.39 is 0 Å². The van der Waals surface area contributed by atoms with Crippen molar-refractivity contribution in [2.45, 2.75) is 25.8 Å². The summed E-state index contributed by atoms with van der Waals surface area (Å²) >= 11 is 1.57. The van der Waals surface area contributed by atoms with Crippen LogP contribution in [0.5, 0.6) is 0 Å². The predicted molar refractivity (Wildman–Crippen MR) is 86.1 cm³/mol. The van der Waals surface area contributed by atoms with E-state index in [9.17, 15) is 0 Å². The van der Waals surface area contributed by atoms with E-state index in [0.717, 1.165) is 46.7 Å². The van der Waals surface area contributed by atoms with Gasteiger partial charge in [-0.3, -0.25) is 4.98 Å². The Hall–Kier alpha value is -2.06. The third kappa shape index (κ3) is 2.55. The lowest BCUT2D eigenvalue weighted by Crippen LogP contribution is -2.38. The van der Waals surface area contributed by atoms with Crippen LogP contribution < -0.4 is 10.6 Å². The van der Waals surface area contributed by atoms with Gasteiger partial charge in [-0.2, -0.15) is 5.10 Å². The molecule has 22 heavy (non-hydrogen) atoms. The van der Waals surface area contributed by atoms with Gasteiger partial charge in [-0.05, 0) is 26.3 Å². The maximum Gasteiger partial charge on any atom is 0.212 e. The molecule has 4 heterocycles. The molecular weight excluding hydrogens is 298 g/mol. The number of piperidine rings is 1. The van der Waals surface area contributed by atoms with Crippen LogP contribution in [0, 0.1) is 6.92 Å². The molecule has 4 rings (SSSR count). The van der Waals surface area contributed by atoms with E-state index in [1.54, 1.807) is 29.9 Å². The van der Waals surface area contributed by atoms with Crippen molar-refractivity contribution >= 4 is 22.1 Å². The van der Waals surface area contributed by atoms with Crippen LogP contribution in [0.25, 0.3) is 16.3 Å². The lowest BCUT2D eigenvalue weighted by molar-refractivity contribution is 0.479. The molecule has 0 aliphatic carbocycles. The molecule has 1 saturated heterocycles. The molecule has 0 bridgehead atoms. The second-order valence-corrected chi connectivity index (χ2v) is 6.60. The summed E-state index contributed by atoms with van der Waals surface area (Å²) in [6.07, 6.45) is 7.66. The summed E-state index contributed by atoms with van der Waals surface area (Å²) in [6, 6.07) is 0.408. The first-order valence-electron chi connectivity index (χ1n) is 7.40. The van der Waals surface area contributed by atoms with Gasteiger partial charge in [-0.1, -0.05) is 11.3 Å². The van der Waals surface area contributed by atoms with E-state index in [0.29, 0.717) is 6.04 Å². The highest BCUT2D eigenvalue weighted by molar-refractivity contribution is 7.16. The average molecular weight is 315 g/mol. The Balaban J connectivity index is 1.63. The summed E-state index contributed by atoms with van der Waals surface area (Å²) in [5.41, 5.74) is 1.66. The average Bonchev–Trinajstić information content (AvgIpc) is 3.07. The van der Waals surface area contributed by atoms with Gasteiger partial charge in [-0.25, -0.2) is 14.5 Å². The van der Waals surface area contributed by atoms with E-state index in [-0.39, 0.29) is 0 Å². The Morgan fingerprint density at radius 1 is 1.36 bits per heavy atom. The number of nitrogens with zero attached hydrogens (tertiary/aromatic N) is 5. The van der Waals surface area contributed by atoms with Gasteiger partial charge in [-0.15, -0.1) is 0 Å². The molecule has 0 radical (unpaired) electrons. The summed E-state index contributed by atoms with van der Waals surface area (Å²) in [6.45, 7) is 4.04. The zero-order valence-corrected chi connectivity index (χ0v) is 13.1. The molecule has 2 N–H and O–H groups in total. The van der Waals surface area contributed by atoms with Crippen LogP contribution in [-0.2, 0) is 0 Å². The Morgan fingerprint density at radius 2 is 2.32 bits per heavy atom. The number of aromatic nitrogens is 5. The topological polar surface area (TPSA) is 80.0 Å². The molecule has 0 spiro atoms. The van der Waals surface area contributed by atoms with E-state index in [1.807, 2.05) is 11.4 Å². The van der Waals surface area contributed by atoms with Gasteiger partial charge in [0.15, 0.2) is 0 Å². The maximum atomic E-state index is 4.67. The minimum absolute atomic E-state index is 0.408. The number of aryl methyl sites for hydroxylation is 1. The number of rotatable bonds is 3. The molecule has 3 aromatic rings. The molecule has 1 aliphatic heterocycles. The van der Waals surface area contributed by atoms with Crippen molar-refractivity contribution in [3.63, 3.8) is 0 Å². The molecule has 1 aliphatic rings. The standard InChI is InChI=1S/C14H17N7S/c1-9-20-21-12(7-17-14(21)22-9)11-6-16-8-13(19-11)18-10-3-2-4-15-5-10/h6-8,10,15H,2-5H2,1H3,(H,18,19). The number of nitrogens with one attached hydrogen (secondary N) is 2. The summed E-state index contributed by atoms with van der Waals surface area (Å²) < 4.78 is 1.83. The van der Waals surface area contributed by atoms with Crippen LogP contribution in [0.15, 0.2) is 18.6 Å². The summed E-state index contributed by atoms with van der Waals surface area (Å²) in [5, 5.41) is 12.3.